The van der Waals surface area contributed by atoms with E-state index in [2.05, 4.69) is 9.97 Å². The zero-order valence-electron chi connectivity index (χ0n) is 15.3. The highest BCUT2D eigenvalue weighted by atomic mass is 35.5. The van der Waals surface area contributed by atoms with E-state index in [-0.39, 0.29) is 5.92 Å². The first-order chi connectivity index (χ1) is 12.9. The number of fused-ring (bicyclic) bond motifs is 1. The van der Waals surface area contributed by atoms with E-state index in [0.717, 1.165) is 39.2 Å². The van der Waals surface area contributed by atoms with Crippen molar-refractivity contribution in [3.63, 3.8) is 0 Å². The van der Waals surface area contributed by atoms with E-state index in [1.165, 1.54) is 0 Å². The van der Waals surface area contributed by atoms with Crippen LogP contribution >= 0.6 is 11.6 Å². The first-order valence-corrected chi connectivity index (χ1v) is 9.09. The van der Waals surface area contributed by atoms with Crippen LogP contribution in [-0.2, 0) is 0 Å². The summed E-state index contributed by atoms with van der Waals surface area (Å²) in [5.74, 6) is 1.37. The zero-order valence-corrected chi connectivity index (χ0v) is 16.1. The first-order valence-electron chi connectivity index (χ1n) is 8.71. The molecule has 0 bridgehead atoms. The van der Waals surface area contributed by atoms with Crippen molar-refractivity contribution in [1.29, 1.82) is 0 Å². The number of nitrogens with two attached hydrogens (primary N) is 1. The minimum atomic E-state index is 0.147. The second-order valence-corrected chi connectivity index (χ2v) is 7.23. The van der Waals surface area contributed by atoms with Gasteiger partial charge in [-0.1, -0.05) is 31.5 Å². The van der Waals surface area contributed by atoms with Crippen LogP contribution in [0.5, 0.6) is 0 Å². The van der Waals surface area contributed by atoms with Crippen LogP contribution < -0.4 is 5.73 Å². The number of benzene rings is 1. The van der Waals surface area contributed by atoms with E-state index in [4.69, 9.17) is 26.7 Å². The molecule has 3 aromatic heterocycles. The Morgan fingerprint density at radius 2 is 1.85 bits per heavy atom. The Bertz CT molecular complexity index is 1150. The summed E-state index contributed by atoms with van der Waals surface area (Å²) in [6, 6.07) is 9.68. The number of aryl methyl sites for hydroxylation is 1. The number of pyridine rings is 1. The zero-order chi connectivity index (χ0) is 19.1. The summed E-state index contributed by atoms with van der Waals surface area (Å²) < 4.78 is 5.48. The molecule has 1 aromatic carbocycles. The number of hydrogen-bond acceptors (Lipinski definition) is 5. The Labute approximate surface area is 162 Å². The molecule has 0 unspecified atom stereocenters. The molecule has 27 heavy (non-hydrogen) atoms. The number of anilines is 1. The Morgan fingerprint density at radius 3 is 2.56 bits per heavy atom. The molecule has 0 aliphatic carbocycles. The van der Waals surface area contributed by atoms with Gasteiger partial charge < -0.3 is 10.2 Å². The first kappa shape index (κ1) is 17.5. The fraction of sp³-hybridized carbons (Fsp3) is 0.190. The van der Waals surface area contributed by atoms with E-state index in [0.29, 0.717) is 16.5 Å². The molecule has 2 N–H and O–H groups in total. The van der Waals surface area contributed by atoms with Crippen molar-refractivity contribution >= 4 is 28.3 Å². The molecule has 0 atom stereocenters. The summed E-state index contributed by atoms with van der Waals surface area (Å²) in [5, 5.41) is 1.51. The smallest absolute Gasteiger partial charge is 0.146 e. The minimum Gasteiger partial charge on any atom is -0.469 e. The standard InChI is InChI=1S/C21H19ClN4O/c1-11(2)17-21(23)26-20(15-7-12(3)27-10-15)19(25-17)14-8-13-5-4-6-24-18(13)16(22)9-14/h4-11H,1-3H3,(H2,23,26). The molecule has 3 heterocycles. The van der Waals surface area contributed by atoms with Gasteiger partial charge in [0.15, 0.2) is 0 Å². The predicted molar refractivity (Wildman–Crippen MR) is 109 cm³/mol. The van der Waals surface area contributed by atoms with Crippen molar-refractivity contribution in [2.75, 3.05) is 5.73 Å². The Hall–Kier alpha value is -2.92. The van der Waals surface area contributed by atoms with Gasteiger partial charge in [0.25, 0.3) is 0 Å². The third-order valence-electron chi connectivity index (χ3n) is 4.43. The van der Waals surface area contributed by atoms with Crippen LogP contribution in [0.25, 0.3) is 33.4 Å². The molecule has 0 spiro atoms. The van der Waals surface area contributed by atoms with Gasteiger partial charge in [0.05, 0.1) is 21.9 Å². The van der Waals surface area contributed by atoms with Gasteiger partial charge in [0, 0.05) is 22.7 Å². The van der Waals surface area contributed by atoms with Gasteiger partial charge in [-0.3, -0.25) is 4.98 Å². The quantitative estimate of drug-likeness (QED) is 0.500. The van der Waals surface area contributed by atoms with E-state index < -0.39 is 0 Å². The van der Waals surface area contributed by atoms with E-state index in [1.807, 2.05) is 51.1 Å². The lowest BCUT2D eigenvalue weighted by molar-refractivity contribution is 0.535. The maximum Gasteiger partial charge on any atom is 0.146 e. The van der Waals surface area contributed by atoms with E-state index in [1.54, 1.807) is 12.5 Å². The molecule has 0 saturated heterocycles. The SMILES string of the molecule is Cc1cc(-c2nc(N)c(C(C)C)nc2-c2cc(Cl)c3ncccc3c2)co1. The summed E-state index contributed by atoms with van der Waals surface area (Å²) in [6.45, 7) is 5.98. The van der Waals surface area contributed by atoms with Crippen molar-refractivity contribution in [1.82, 2.24) is 15.0 Å². The highest BCUT2D eigenvalue weighted by molar-refractivity contribution is 6.35. The Morgan fingerprint density at radius 1 is 1.07 bits per heavy atom. The van der Waals surface area contributed by atoms with Crippen LogP contribution in [-0.4, -0.2) is 15.0 Å². The topological polar surface area (TPSA) is 77.8 Å². The van der Waals surface area contributed by atoms with Gasteiger partial charge in [-0.15, -0.1) is 0 Å². The number of halogens is 1. The number of nitrogens with zero attached hydrogens (tertiary/aromatic N) is 3. The molecular weight excluding hydrogens is 360 g/mol. The third kappa shape index (κ3) is 3.15. The molecule has 6 heteroatoms. The summed E-state index contributed by atoms with van der Waals surface area (Å²) in [7, 11) is 0. The number of furan rings is 1. The molecule has 4 aromatic rings. The van der Waals surface area contributed by atoms with Gasteiger partial charge >= 0.3 is 0 Å². The lowest BCUT2D eigenvalue weighted by Gasteiger charge is -2.14. The highest BCUT2D eigenvalue weighted by Crippen LogP contribution is 2.36. The molecule has 0 amide bonds. The second kappa shape index (κ2) is 6.67. The third-order valence-corrected chi connectivity index (χ3v) is 4.72. The number of nitrogen functional groups attached to an aromatic ring is 1. The minimum absolute atomic E-state index is 0.147. The molecule has 5 nitrogen and oxygen atoms in total. The maximum atomic E-state index is 6.49. The number of rotatable bonds is 3. The number of aromatic nitrogens is 3. The Kier molecular flexibility index (Phi) is 4.32. The van der Waals surface area contributed by atoms with Gasteiger partial charge in [0.2, 0.25) is 0 Å². The lowest BCUT2D eigenvalue weighted by atomic mass is 10.0. The lowest BCUT2D eigenvalue weighted by Crippen LogP contribution is -2.06. The van der Waals surface area contributed by atoms with Crippen molar-refractivity contribution in [3.05, 3.63) is 59.3 Å². The molecule has 0 aliphatic rings. The Balaban J connectivity index is 2.02. The summed E-state index contributed by atoms with van der Waals surface area (Å²) >= 11 is 6.49. The van der Waals surface area contributed by atoms with Crippen LogP contribution in [0.3, 0.4) is 0 Å². The van der Waals surface area contributed by atoms with Gasteiger partial charge in [-0.05, 0) is 37.1 Å². The van der Waals surface area contributed by atoms with Crippen molar-refractivity contribution in [2.45, 2.75) is 26.7 Å². The van der Waals surface area contributed by atoms with Crippen molar-refractivity contribution in [2.24, 2.45) is 0 Å². The van der Waals surface area contributed by atoms with Crippen LogP contribution in [0.15, 0.2) is 47.2 Å². The highest BCUT2D eigenvalue weighted by Gasteiger charge is 2.19. The molecule has 136 valence electrons. The van der Waals surface area contributed by atoms with Crippen LogP contribution in [0.1, 0.15) is 31.2 Å². The van der Waals surface area contributed by atoms with Crippen molar-refractivity contribution in [3.8, 4) is 22.5 Å². The average Bonchev–Trinajstić information content (AvgIpc) is 3.07. The fourth-order valence-corrected chi connectivity index (χ4v) is 3.42. The summed E-state index contributed by atoms with van der Waals surface area (Å²) in [5.41, 5.74) is 10.8. The van der Waals surface area contributed by atoms with Crippen molar-refractivity contribution < 1.29 is 4.42 Å². The second-order valence-electron chi connectivity index (χ2n) is 6.83. The molecule has 0 fully saturated rings. The van der Waals surface area contributed by atoms with Gasteiger partial charge in [0.1, 0.15) is 23.5 Å². The van der Waals surface area contributed by atoms with E-state index in [9.17, 15) is 0 Å². The average molecular weight is 379 g/mol. The molecular formula is C21H19ClN4O. The molecule has 0 aliphatic heterocycles. The number of hydrogen-bond donors (Lipinski definition) is 1. The van der Waals surface area contributed by atoms with Crippen LogP contribution in [0.2, 0.25) is 5.02 Å². The molecule has 0 saturated carbocycles. The summed E-state index contributed by atoms with van der Waals surface area (Å²) in [4.78, 5) is 13.9. The fourth-order valence-electron chi connectivity index (χ4n) is 3.14. The predicted octanol–water partition coefficient (Wildman–Crippen LogP) is 5.62. The van der Waals surface area contributed by atoms with Crippen LogP contribution in [0, 0.1) is 6.92 Å². The van der Waals surface area contributed by atoms with Gasteiger partial charge in [-0.2, -0.15) is 0 Å². The summed E-state index contributed by atoms with van der Waals surface area (Å²) in [6.07, 6.45) is 3.40. The normalized spacial score (nSPS) is 11.4. The molecule has 0 radical (unpaired) electrons. The maximum absolute atomic E-state index is 6.49. The monoisotopic (exact) mass is 378 g/mol. The van der Waals surface area contributed by atoms with E-state index >= 15 is 0 Å². The van der Waals surface area contributed by atoms with Crippen LogP contribution in [0.4, 0.5) is 5.82 Å². The largest absolute Gasteiger partial charge is 0.469 e. The van der Waals surface area contributed by atoms with Gasteiger partial charge in [-0.25, -0.2) is 9.97 Å². The molecule has 4 rings (SSSR count).